The van der Waals surface area contributed by atoms with E-state index in [1.807, 2.05) is 31.2 Å². The van der Waals surface area contributed by atoms with Gasteiger partial charge in [0.2, 0.25) is 0 Å². The highest BCUT2D eigenvalue weighted by Gasteiger charge is 2.05. The van der Waals surface area contributed by atoms with Crippen molar-refractivity contribution in [2.45, 2.75) is 6.92 Å². The van der Waals surface area contributed by atoms with Gasteiger partial charge in [0.25, 0.3) is 0 Å². The van der Waals surface area contributed by atoms with Gasteiger partial charge in [0.1, 0.15) is 0 Å². The third-order valence-corrected chi connectivity index (χ3v) is 2.77. The van der Waals surface area contributed by atoms with Gasteiger partial charge in [-0.25, -0.2) is 4.98 Å². The third kappa shape index (κ3) is 2.22. The molecule has 16 heavy (non-hydrogen) atoms. The van der Waals surface area contributed by atoms with Crippen molar-refractivity contribution in [2.75, 3.05) is 7.11 Å². The lowest BCUT2D eigenvalue weighted by atomic mass is 10.1. The Morgan fingerprint density at radius 3 is 2.75 bits per heavy atom. The average Bonchev–Trinajstić information content (AvgIpc) is 2.28. The van der Waals surface area contributed by atoms with Crippen LogP contribution >= 0.6 is 15.9 Å². The zero-order chi connectivity index (χ0) is 11.5. The molecule has 0 fully saturated rings. The number of methoxy groups -OCH3 is 1. The lowest BCUT2D eigenvalue weighted by Gasteiger charge is -2.06. The quantitative estimate of drug-likeness (QED) is 0.846. The molecule has 0 unspecified atom stereocenters. The van der Waals surface area contributed by atoms with E-state index in [9.17, 15) is 0 Å². The predicted molar refractivity (Wildman–Crippen MR) is 66.5 cm³/mol. The van der Waals surface area contributed by atoms with E-state index in [-0.39, 0.29) is 0 Å². The highest BCUT2D eigenvalue weighted by atomic mass is 79.9. The Hall–Kier alpha value is -1.42. The number of hydrogen-bond donors (Lipinski definition) is 0. The second kappa shape index (κ2) is 4.61. The molecule has 82 valence electrons. The van der Waals surface area contributed by atoms with Gasteiger partial charge < -0.3 is 4.74 Å². The molecule has 0 saturated heterocycles. The highest BCUT2D eigenvalue weighted by Crippen LogP contribution is 2.25. The number of halogens is 1. The van der Waals surface area contributed by atoms with E-state index in [4.69, 9.17) is 4.74 Å². The highest BCUT2D eigenvalue weighted by molar-refractivity contribution is 9.10. The Morgan fingerprint density at radius 2 is 2.12 bits per heavy atom. The molecule has 0 radical (unpaired) electrons. The summed E-state index contributed by atoms with van der Waals surface area (Å²) in [6.45, 7) is 1.94. The topological polar surface area (TPSA) is 35.0 Å². The normalized spacial score (nSPS) is 10.2. The first-order valence-corrected chi connectivity index (χ1v) is 5.63. The molecular weight excluding hydrogens is 268 g/mol. The predicted octanol–water partition coefficient (Wildman–Crippen LogP) is 3.22. The minimum Gasteiger partial charge on any atom is -0.467 e. The molecule has 3 nitrogen and oxygen atoms in total. The van der Waals surface area contributed by atoms with Gasteiger partial charge in [-0.3, -0.25) is 0 Å². The number of benzene rings is 1. The molecule has 0 saturated carbocycles. The Bertz CT molecular complexity index is 514. The summed E-state index contributed by atoms with van der Waals surface area (Å²) in [5.74, 6) is 0. The fourth-order valence-corrected chi connectivity index (χ4v) is 1.88. The molecule has 0 bridgehead atoms. The maximum Gasteiger partial charge on any atom is 0.316 e. The van der Waals surface area contributed by atoms with Gasteiger partial charge in [-0.05, 0) is 24.6 Å². The molecule has 0 atom stereocenters. The summed E-state index contributed by atoms with van der Waals surface area (Å²) in [5.41, 5.74) is 3.02. The number of aryl methyl sites for hydroxylation is 1. The number of aromatic nitrogens is 2. The van der Waals surface area contributed by atoms with Crippen LogP contribution in [-0.4, -0.2) is 17.1 Å². The minimum absolute atomic E-state index is 0.399. The molecule has 1 heterocycles. The fourth-order valence-electron chi connectivity index (χ4n) is 1.48. The average molecular weight is 279 g/mol. The zero-order valence-electron chi connectivity index (χ0n) is 9.07. The standard InChI is InChI=1S/C12H11BrN2O/c1-8-11(7-14-12(15-8)16-2)9-4-3-5-10(13)6-9/h3-7H,1-2H3. The van der Waals surface area contributed by atoms with Crippen LogP contribution < -0.4 is 4.74 Å². The summed E-state index contributed by atoms with van der Waals surface area (Å²) in [4.78, 5) is 8.36. The SMILES string of the molecule is COc1ncc(-c2cccc(Br)c2)c(C)n1. The van der Waals surface area contributed by atoms with E-state index in [1.54, 1.807) is 13.3 Å². The summed E-state index contributed by atoms with van der Waals surface area (Å²) < 4.78 is 6.02. The Morgan fingerprint density at radius 1 is 1.31 bits per heavy atom. The maximum absolute atomic E-state index is 4.98. The number of nitrogens with zero attached hydrogens (tertiary/aromatic N) is 2. The lowest BCUT2D eigenvalue weighted by molar-refractivity contribution is 0.379. The number of ether oxygens (including phenoxy) is 1. The van der Waals surface area contributed by atoms with Crippen LogP contribution in [-0.2, 0) is 0 Å². The molecule has 0 amide bonds. The van der Waals surface area contributed by atoms with Crippen LogP contribution in [0.15, 0.2) is 34.9 Å². The molecule has 0 aliphatic carbocycles. The van der Waals surface area contributed by atoms with Crippen LogP contribution in [0, 0.1) is 6.92 Å². The molecule has 0 aliphatic heterocycles. The molecule has 0 N–H and O–H groups in total. The molecule has 0 spiro atoms. The molecule has 2 rings (SSSR count). The number of hydrogen-bond acceptors (Lipinski definition) is 3. The van der Waals surface area contributed by atoms with Gasteiger partial charge in [-0.15, -0.1) is 0 Å². The molecule has 1 aromatic carbocycles. The Labute approximate surface area is 103 Å². The van der Waals surface area contributed by atoms with Crippen molar-refractivity contribution < 1.29 is 4.74 Å². The van der Waals surface area contributed by atoms with Crippen LogP contribution in [0.25, 0.3) is 11.1 Å². The van der Waals surface area contributed by atoms with Crippen molar-refractivity contribution >= 4 is 15.9 Å². The summed E-state index contributed by atoms with van der Waals surface area (Å²) in [6.07, 6.45) is 1.78. The van der Waals surface area contributed by atoms with Gasteiger partial charge >= 0.3 is 6.01 Å². The van der Waals surface area contributed by atoms with Crippen molar-refractivity contribution in [3.05, 3.63) is 40.6 Å². The monoisotopic (exact) mass is 278 g/mol. The van der Waals surface area contributed by atoms with Gasteiger partial charge in [0, 0.05) is 16.2 Å². The van der Waals surface area contributed by atoms with Crippen molar-refractivity contribution in [2.24, 2.45) is 0 Å². The Kier molecular flexibility index (Phi) is 3.19. The van der Waals surface area contributed by atoms with Crippen molar-refractivity contribution in [1.29, 1.82) is 0 Å². The summed E-state index contributed by atoms with van der Waals surface area (Å²) in [6, 6.07) is 8.45. The lowest BCUT2D eigenvalue weighted by Crippen LogP contribution is -1.95. The van der Waals surface area contributed by atoms with E-state index in [0.29, 0.717) is 6.01 Å². The van der Waals surface area contributed by atoms with Crippen molar-refractivity contribution in [3.63, 3.8) is 0 Å². The van der Waals surface area contributed by atoms with Crippen LogP contribution in [0.5, 0.6) is 6.01 Å². The summed E-state index contributed by atoms with van der Waals surface area (Å²) in [5, 5.41) is 0. The first kappa shape index (κ1) is 11.1. The minimum atomic E-state index is 0.399. The second-order valence-corrected chi connectivity index (χ2v) is 4.28. The van der Waals surface area contributed by atoms with Gasteiger partial charge in [0.05, 0.1) is 12.8 Å². The van der Waals surface area contributed by atoms with Crippen molar-refractivity contribution in [1.82, 2.24) is 9.97 Å². The largest absolute Gasteiger partial charge is 0.467 e. The zero-order valence-corrected chi connectivity index (χ0v) is 10.7. The van der Waals surface area contributed by atoms with Gasteiger partial charge in [0.15, 0.2) is 0 Å². The van der Waals surface area contributed by atoms with Crippen LogP contribution in [0.2, 0.25) is 0 Å². The number of rotatable bonds is 2. The smallest absolute Gasteiger partial charge is 0.316 e. The van der Waals surface area contributed by atoms with Crippen LogP contribution in [0.4, 0.5) is 0 Å². The van der Waals surface area contributed by atoms with E-state index < -0.39 is 0 Å². The fraction of sp³-hybridized carbons (Fsp3) is 0.167. The van der Waals surface area contributed by atoms with E-state index in [0.717, 1.165) is 21.3 Å². The molecule has 1 aromatic heterocycles. The molecule has 2 aromatic rings. The van der Waals surface area contributed by atoms with E-state index in [2.05, 4.69) is 25.9 Å². The first-order valence-electron chi connectivity index (χ1n) is 4.84. The first-order chi connectivity index (χ1) is 7.70. The third-order valence-electron chi connectivity index (χ3n) is 2.28. The van der Waals surface area contributed by atoms with Crippen LogP contribution in [0.3, 0.4) is 0 Å². The van der Waals surface area contributed by atoms with Gasteiger partial charge in [-0.1, -0.05) is 28.1 Å². The summed E-state index contributed by atoms with van der Waals surface area (Å²) in [7, 11) is 1.56. The van der Waals surface area contributed by atoms with Gasteiger partial charge in [-0.2, -0.15) is 4.98 Å². The van der Waals surface area contributed by atoms with Crippen LogP contribution in [0.1, 0.15) is 5.69 Å². The van der Waals surface area contributed by atoms with E-state index >= 15 is 0 Å². The molecule has 0 aliphatic rings. The van der Waals surface area contributed by atoms with E-state index in [1.165, 1.54) is 0 Å². The molecule has 4 heteroatoms. The summed E-state index contributed by atoms with van der Waals surface area (Å²) >= 11 is 3.45. The second-order valence-electron chi connectivity index (χ2n) is 3.37. The molecular formula is C12H11BrN2O. The maximum atomic E-state index is 4.98. The Balaban J connectivity index is 2.48. The van der Waals surface area contributed by atoms with Crippen molar-refractivity contribution in [3.8, 4) is 17.1 Å².